The monoisotopic (exact) mass is 365 g/mol. The Morgan fingerprint density at radius 2 is 2.11 bits per heavy atom. The van der Waals surface area contributed by atoms with E-state index in [9.17, 15) is 13.2 Å². The molecule has 104 valence electrons. The third-order valence-corrected chi connectivity index (χ3v) is 5.28. The fourth-order valence-electron chi connectivity index (χ4n) is 1.86. The molecule has 0 aliphatic heterocycles. The number of nitrogens with one attached hydrogen (secondary N) is 1. The van der Waals surface area contributed by atoms with Gasteiger partial charge < -0.3 is 5.32 Å². The quantitative estimate of drug-likeness (QED) is 0.833. The molecule has 1 aliphatic carbocycles. The molecule has 2 rings (SSSR count). The van der Waals surface area contributed by atoms with Crippen LogP contribution in [0.5, 0.6) is 0 Å². The Kier molecular flexibility index (Phi) is 4.53. The molecule has 4 nitrogen and oxygen atoms in total. The molecular formula is C12H13BrClNO3S. The standard InChI is InChI=1S/C12H13BrClNO3S/c13-11-5-4-9(19(14,17)18)6-10(11)12(16)15-7-8-2-1-3-8/h4-6,8H,1-3,7H2,(H,15,16). The molecule has 0 unspecified atom stereocenters. The van der Waals surface area contributed by atoms with Gasteiger partial charge in [-0.3, -0.25) is 4.79 Å². The molecular weight excluding hydrogens is 354 g/mol. The average molecular weight is 367 g/mol. The van der Waals surface area contributed by atoms with Gasteiger partial charge in [-0.1, -0.05) is 6.42 Å². The summed E-state index contributed by atoms with van der Waals surface area (Å²) in [5.74, 6) is 0.253. The van der Waals surface area contributed by atoms with E-state index < -0.39 is 9.05 Å². The van der Waals surface area contributed by atoms with E-state index in [1.54, 1.807) is 0 Å². The summed E-state index contributed by atoms with van der Waals surface area (Å²) in [6.45, 7) is 0.628. The van der Waals surface area contributed by atoms with Crippen LogP contribution < -0.4 is 5.32 Å². The van der Waals surface area contributed by atoms with Gasteiger partial charge in [0.25, 0.3) is 15.0 Å². The molecule has 0 atom stereocenters. The van der Waals surface area contributed by atoms with E-state index in [1.807, 2.05) is 0 Å². The van der Waals surface area contributed by atoms with Gasteiger partial charge in [-0.15, -0.1) is 0 Å². The fourth-order valence-corrected chi connectivity index (χ4v) is 3.06. The number of hydrogen-bond donors (Lipinski definition) is 1. The molecule has 7 heteroatoms. The van der Waals surface area contributed by atoms with Gasteiger partial charge in [0.05, 0.1) is 10.5 Å². The Labute approximate surface area is 125 Å². The van der Waals surface area contributed by atoms with Gasteiger partial charge in [0, 0.05) is 21.7 Å². The van der Waals surface area contributed by atoms with Crippen LogP contribution in [0.25, 0.3) is 0 Å². The predicted octanol–water partition coefficient (Wildman–Crippen LogP) is 2.91. The molecule has 0 aromatic heterocycles. The molecule has 1 fully saturated rings. The number of carbonyl (C=O) groups excluding carboxylic acids is 1. The lowest BCUT2D eigenvalue weighted by molar-refractivity contribution is 0.0938. The van der Waals surface area contributed by atoms with Crippen molar-refractivity contribution in [1.29, 1.82) is 0 Å². The first-order valence-corrected chi connectivity index (χ1v) is 9.00. The lowest BCUT2D eigenvalue weighted by atomic mass is 9.85. The van der Waals surface area contributed by atoms with Crippen LogP contribution in [0.3, 0.4) is 0 Å². The Morgan fingerprint density at radius 3 is 2.63 bits per heavy atom. The number of benzene rings is 1. The second-order valence-electron chi connectivity index (χ2n) is 4.59. The highest BCUT2D eigenvalue weighted by Crippen LogP contribution is 2.26. The third kappa shape index (κ3) is 3.70. The van der Waals surface area contributed by atoms with E-state index in [0.717, 1.165) is 12.8 Å². The summed E-state index contributed by atoms with van der Waals surface area (Å²) < 4.78 is 23.1. The highest BCUT2D eigenvalue weighted by Gasteiger charge is 2.20. The highest BCUT2D eigenvalue weighted by atomic mass is 79.9. The Balaban J connectivity index is 2.15. The molecule has 0 bridgehead atoms. The summed E-state index contributed by atoms with van der Waals surface area (Å²) in [6.07, 6.45) is 3.49. The van der Waals surface area contributed by atoms with Crippen LogP contribution in [0, 0.1) is 5.92 Å². The summed E-state index contributed by atoms with van der Waals surface area (Å²) in [5, 5.41) is 2.81. The Morgan fingerprint density at radius 1 is 1.42 bits per heavy atom. The van der Waals surface area contributed by atoms with Crippen molar-refractivity contribution >= 4 is 41.6 Å². The van der Waals surface area contributed by atoms with Crippen LogP contribution in [-0.4, -0.2) is 20.9 Å². The van der Waals surface area contributed by atoms with Gasteiger partial charge in [0.1, 0.15) is 0 Å². The van der Waals surface area contributed by atoms with Crippen LogP contribution in [0.1, 0.15) is 29.6 Å². The van der Waals surface area contributed by atoms with Gasteiger partial charge in [-0.05, 0) is 52.9 Å². The van der Waals surface area contributed by atoms with E-state index in [4.69, 9.17) is 10.7 Å². The summed E-state index contributed by atoms with van der Waals surface area (Å²) in [4.78, 5) is 11.9. The predicted molar refractivity (Wildman–Crippen MR) is 76.9 cm³/mol. The van der Waals surface area contributed by atoms with E-state index in [2.05, 4.69) is 21.2 Å². The minimum atomic E-state index is -3.83. The molecule has 0 radical (unpaired) electrons. The lowest BCUT2D eigenvalue weighted by Gasteiger charge is -2.25. The van der Waals surface area contributed by atoms with Crippen LogP contribution in [0.2, 0.25) is 0 Å². The highest BCUT2D eigenvalue weighted by molar-refractivity contribution is 9.10. The molecule has 0 saturated heterocycles. The van der Waals surface area contributed by atoms with Crippen molar-refractivity contribution in [2.75, 3.05) is 6.54 Å². The minimum absolute atomic E-state index is 0.0776. The maximum atomic E-state index is 12.0. The number of carbonyl (C=O) groups is 1. The molecule has 1 aliphatic rings. The zero-order valence-corrected chi connectivity index (χ0v) is 13.2. The van der Waals surface area contributed by atoms with E-state index >= 15 is 0 Å². The van der Waals surface area contributed by atoms with Gasteiger partial charge in [-0.2, -0.15) is 0 Å². The van der Waals surface area contributed by atoms with E-state index in [-0.39, 0.29) is 16.4 Å². The van der Waals surface area contributed by atoms with Crippen molar-refractivity contribution < 1.29 is 13.2 Å². The molecule has 0 spiro atoms. The summed E-state index contributed by atoms with van der Waals surface area (Å²) in [5.41, 5.74) is 0.279. The second-order valence-corrected chi connectivity index (χ2v) is 8.01. The number of amides is 1. The van der Waals surface area contributed by atoms with Crippen molar-refractivity contribution in [3.63, 3.8) is 0 Å². The maximum Gasteiger partial charge on any atom is 0.261 e. The smallest absolute Gasteiger partial charge is 0.261 e. The summed E-state index contributed by atoms with van der Waals surface area (Å²) in [7, 11) is 1.44. The van der Waals surface area contributed by atoms with Crippen molar-refractivity contribution in [3.8, 4) is 0 Å². The Bertz CT molecular complexity index is 599. The number of hydrogen-bond acceptors (Lipinski definition) is 3. The van der Waals surface area contributed by atoms with Crippen LogP contribution in [0.15, 0.2) is 27.6 Å². The molecule has 0 heterocycles. The van der Waals surface area contributed by atoms with Crippen LogP contribution in [0.4, 0.5) is 0 Å². The zero-order chi connectivity index (χ0) is 14.0. The van der Waals surface area contributed by atoms with Crippen molar-refractivity contribution in [3.05, 3.63) is 28.2 Å². The second kappa shape index (κ2) is 5.81. The summed E-state index contributed by atoms with van der Waals surface area (Å²) in [6, 6.07) is 4.14. The Hall–Kier alpha value is -0.590. The SMILES string of the molecule is O=C(NCC1CCC1)c1cc(S(=O)(=O)Cl)ccc1Br. The third-order valence-electron chi connectivity index (χ3n) is 3.24. The van der Waals surface area contributed by atoms with E-state index in [1.165, 1.54) is 24.6 Å². The molecule has 1 saturated carbocycles. The van der Waals surface area contributed by atoms with Crippen LogP contribution >= 0.6 is 26.6 Å². The molecule has 1 N–H and O–H groups in total. The van der Waals surface area contributed by atoms with Crippen molar-refractivity contribution in [2.45, 2.75) is 24.2 Å². The maximum absolute atomic E-state index is 12.0. The topological polar surface area (TPSA) is 63.2 Å². The number of rotatable bonds is 4. The number of halogens is 2. The lowest BCUT2D eigenvalue weighted by Crippen LogP contribution is -2.32. The first-order chi connectivity index (χ1) is 8.88. The molecule has 19 heavy (non-hydrogen) atoms. The largest absolute Gasteiger partial charge is 0.352 e. The van der Waals surface area contributed by atoms with E-state index in [0.29, 0.717) is 16.9 Å². The van der Waals surface area contributed by atoms with Crippen LogP contribution in [-0.2, 0) is 9.05 Å². The first kappa shape index (κ1) is 14.8. The first-order valence-electron chi connectivity index (χ1n) is 5.90. The van der Waals surface area contributed by atoms with Gasteiger partial charge in [-0.25, -0.2) is 8.42 Å². The summed E-state index contributed by atoms with van der Waals surface area (Å²) >= 11 is 3.24. The fraction of sp³-hybridized carbons (Fsp3) is 0.417. The van der Waals surface area contributed by atoms with Crippen molar-refractivity contribution in [1.82, 2.24) is 5.32 Å². The van der Waals surface area contributed by atoms with Gasteiger partial charge >= 0.3 is 0 Å². The molecule has 1 amide bonds. The van der Waals surface area contributed by atoms with Crippen molar-refractivity contribution in [2.24, 2.45) is 5.92 Å². The molecule has 1 aromatic carbocycles. The molecule has 1 aromatic rings. The normalized spacial score (nSPS) is 15.9. The van der Waals surface area contributed by atoms with Gasteiger partial charge in [0.15, 0.2) is 0 Å². The zero-order valence-electron chi connectivity index (χ0n) is 10.0. The minimum Gasteiger partial charge on any atom is -0.352 e. The average Bonchev–Trinajstić information content (AvgIpc) is 2.25. The van der Waals surface area contributed by atoms with Gasteiger partial charge in [0.2, 0.25) is 0 Å².